The van der Waals surface area contributed by atoms with Crippen molar-refractivity contribution in [2.75, 3.05) is 0 Å². The SMILES string of the molecule is NCc1ccc(C(F)(F)F)cc1-c1ccccc1C(F)(F)F. The molecular weight excluding hydrogens is 308 g/mol. The van der Waals surface area contributed by atoms with Gasteiger partial charge in [0.15, 0.2) is 0 Å². The minimum atomic E-state index is -4.67. The van der Waals surface area contributed by atoms with Crippen molar-refractivity contribution >= 4 is 0 Å². The Bertz CT molecular complexity index is 672. The summed E-state index contributed by atoms with van der Waals surface area (Å²) in [4.78, 5) is 0. The Balaban J connectivity index is 2.72. The van der Waals surface area contributed by atoms with Gasteiger partial charge in [0.1, 0.15) is 0 Å². The molecule has 0 amide bonds. The molecule has 0 aliphatic carbocycles. The molecule has 0 saturated carbocycles. The van der Waals surface area contributed by atoms with Crippen molar-refractivity contribution in [3.8, 4) is 11.1 Å². The Morgan fingerprint density at radius 3 is 1.95 bits per heavy atom. The van der Waals surface area contributed by atoms with Crippen LogP contribution >= 0.6 is 0 Å². The highest BCUT2D eigenvalue weighted by Gasteiger charge is 2.35. The second-order valence-electron chi connectivity index (χ2n) is 4.62. The summed E-state index contributed by atoms with van der Waals surface area (Å²) in [6.07, 6.45) is -9.31. The van der Waals surface area contributed by atoms with E-state index in [0.29, 0.717) is 6.07 Å². The number of nitrogens with two attached hydrogens (primary N) is 1. The maximum absolute atomic E-state index is 13.1. The Hall–Kier alpha value is -2.02. The Morgan fingerprint density at radius 1 is 0.773 bits per heavy atom. The molecule has 0 spiro atoms. The van der Waals surface area contributed by atoms with Crippen LogP contribution in [0, 0.1) is 0 Å². The maximum atomic E-state index is 13.1. The fraction of sp³-hybridized carbons (Fsp3) is 0.200. The van der Waals surface area contributed by atoms with Gasteiger partial charge >= 0.3 is 12.4 Å². The standard InChI is InChI=1S/C15H11F6N/c16-14(17,18)10-6-5-9(8-22)12(7-10)11-3-1-2-4-13(11)15(19,20)21/h1-7H,8,22H2. The zero-order chi connectivity index (χ0) is 16.5. The van der Waals surface area contributed by atoms with Gasteiger partial charge in [0.25, 0.3) is 0 Å². The average Bonchev–Trinajstić information content (AvgIpc) is 2.44. The molecule has 2 aromatic carbocycles. The van der Waals surface area contributed by atoms with Crippen molar-refractivity contribution in [1.82, 2.24) is 0 Å². The zero-order valence-corrected chi connectivity index (χ0v) is 11.1. The molecule has 0 bridgehead atoms. The van der Waals surface area contributed by atoms with Crippen LogP contribution in [0.2, 0.25) is 0 Å². The fourth-order valence-corrected chi connectivity index (χ4v) is 2.15. The second kappa shape index (κ2) is 5.64. The lowest BCUT2D eigenvalue weighted by atomic mass is 9.93. The molecule has 2 N–H and O–H groups in total. The number of hydrogen-bond donors (Lipinski definition) is 1. The predicted octanol–water partition coefficient (Wildman–Crippen LogP) is 4.85. The molecular formula is C15H11F6N. The first-order valence-corrected chi connectivity index (χ1v) is 6.21. The lowest BCUT2D eigenvalue weighted by molar-refractivity contribution is -0.137. The summed E-state index contributed by atoms with van der Waals surface area (Å²) in [5, 5.41) is 0. The molecule has 0 heterocycles. The average molecular weight is 319 g/mol. The Morgan fingerprint density at radius 2 is 1.41 bits per heavy atom. The molecule has 0 aliphatic heterocycles. The van der Waals surface area contributed by atoms with Crippen LogP contribution < -0.4 is 5.73 Å². The van der Waals surface area contributed by atoms with Crippen molar-refractivity contribution < 1.29 is 26.3 Å². The van der Waals surface area contributed by atoms with E-state index < -0.39 is 23.5 Å². The molecule has 1 nitrogen and oxygen atoms in total. The van der Waals surface area contributed by atoms with Crippen LogP contribution in [0.1, 0.15) is 16.7 Å². The van der Waals surface area contributed by atoms with Crippen molar-refractivity contribution in [1.29, 1.82) is 0 Å². The van der Waals surface area contributed by atoms with Gasteiger partial charge in [-0.2, -0.15) is 26.3 Å². The molecule has 0 fully saturated rings. The van der Waals surface area contributed by atoms with Gasteiger partial charge in [0.05, 0.1) is 11.1 Å². The van der Waals surface area contributed by atoms with Gasteiger partial charge in [-0.25, -0.2) is 0 Å². The summed E-state index contributed by atoms with van der Waals surface area (Å²) < 4.78 is 77.6. The third-order valence-electron chi connectivity index (χ3n) is 3.18. The lowest BCUT2D eigenvalue weighted by Gasteiger charge is -2.17. The fourth-order valence-electron chi connectivity index (χ4n) is 2.15. The van der Waals surface area contributed by atoms with E-state index in [1.807, 2.05) is 0 Å². The highest BCUT2D eigenvalue weighted by atomic mass is 19.4. The molecule has 0 atom stereocenters. The first kappa shape index (κ1) is 16.4. The van der Waals surface area contributed by atoms with Gasteiger partial charge in [-0.1, -0.05) is 24.3 Å². The number of rotatable bonds is 2. The summed E-state index contributed by atoms with van der Waals surface area (Å²) in [7, 11) is 0. The third-order valence-corrected chi connectivity index (χ3v) is 3.18. The van der Waals surface area contributed by atoms with Crippen molar-refractivity contribution in [3.05, 3.63) is 59.2 Å². The van der Waals surface area contributed by atoms with E-state index in [1.54, 1.807) is 0 Å². The summed E-state index contributed by atoms with van der Waals surface area (Å²) in [5.41, 5.74) is 3.16. The third kappa shape index (κ3) is 3.24. The summed E-state index contributed by atoms with van der Waals surface area (Å²) in [6, 6.07) is 7.10. The lowest BCUT2D eigenvalue weighted by Crippen LogP contribution is -2.10. The van der Waals surface area contributed by atoms with Crippen LogP contribution in [0.15, 0.2) is 42.5 Å². The number of halogens is 6. The van der Waals surface area contributed by atoms with E-state index >= 15 is 0 Å². The first-order chi connectivity index (χ1) is 10.1. The summed E-state index contributed by atoms with van der Waals surface area (Å²) in [5.74, 6) is 0. The number of hydrogen-bond acceptors (Lipinski definition) is 1. The summed E-state index contributed by atoms with van der Waals surface area (Å²) >= 11 is 0. The minimum Gasteiger partial charge on any atom is -0.326 e. The molecule has 118 valence electrons. The predicted molar refractivity (Wildman–Crippen MR) is 69.8 cm³/mol. The molecule has 2 rings (SSSR count). The van der Waals surface area contributed by atoms with E-state index in [0.717, 1.165) is 24.3 Å². The number of alkyl halides is 6. The molecule has 2 aromatic rings. The van der Waals surface area contributed by atoms with Crippen molar-refractivity contribution in [3.63, 3.8) is 0 Å². The van der Waals surface area contributed by atoms with Gasteiger partial charge < -0.3 is 5.73 Å². The van der Waals surface area contributed by atoms with E-state index in [1.165, 1.54) is 12.1 Å². The van der Waals surface area contributed by atoms with Crippen LogP contribution in [0.3, 0.4) is 0 Å². The monoisotopic (exact) mass is 319 g/mol. The first-order valence-electron chi connectivity index (χ1n) is 6.21. The molecule has 0 radical (unpaired) electrons. The maximum Gasteiger partial charge on any atom is 0.417 e. The Labute approximate surface area is 122 Å². The number of benzene rings is 2. The van der Waals surface area contributed by atoms with Gasteiger partial charge in [-0.05, 0) is 34.9 Å². The van der Waals surface area contributed by atoms with Crippen LogP contribution in [-0.4, -0.2) is 0 Å². The Kier molecular flexibility index (Phi) is 4.19. The van der Waals surface area contributed by atoms with Gasteiger partial charge in [-0.15, -0.1) is 0 Å². The highest BCUT2D eigenvalue weighted by molar-refractivity contribution is 5.72. The van der Waals surface area contributed by atoms with Gasteiger partial charge in [0, 0.05) is 6.54 Å². The molecule has 0 unspecified atom stereocenters. The zero-order valence-electron chi connectivity index (χ0n) is 11.1. The molecule has 0 aromatic heterocycles. The van der Waals surface area contributed by atoms with Crippen molar-refractivity contribution in [2.45, 2.75) is 18.9 Å². The smallest absolute Gasteiger partial charge is 0.326 e. The molecule has 0 aliphatic rings. The van der Waals surface area contributed by atoms with Crippen LogP contribution in [-0.2, 0) is 18.9 Å². The molecule has 0 saturated heterocycles. The van der Waals surface area contributed by atoms with Crippen LogP contribution in [0.4, 0.5) is 26.3 Å². The molecule has 22 heavy (non-hydrogen) atoms. The van der Waals surface area contributed by atoms with E-state index in [-0.39, 0.29) is 23.2 Å². The van der Waals surface area contributed by atoms with E-state index in [4.69, 9.17) is 5.73 Å². The second-order valence-corrected chi connectivity index (χ2v) is 4.62. The van der Waals surface area contributed by atoms with Crippen LogP contribution in [0.5, 0.6) is 0 Å². The van der Waals surface area contributed by atoms with E-state index in [2.05, 4.69) is 0 Å². The quantitative estimate of drug-likeness (QED) is 0.787. The summed E-state index contributed by atoms with van der Waals surface area (Å²) in [6.45, 7) is -0.167. The normalized spacial score (nSPS) is 12.5. The van der Waals surface area contributed by atoms with Crippen molar-refractivity contribution in [2.24, 2.45) is 5.73 Å². The van der Waals surface area contributed by atoms with Gasteiger partial charge in [0.2, 0.25) is 0 Å². The highest BCUT2D eigenvalue weighted by Crippen LogP contribution is 2.40. The minimum absolute atomic E-state index is 0.162. The topological polar surface area (TPSA) is 26.0 Å². The van der Waals surface area contributed by atoms with Gasteiger partial charge in [-0.3, -0.25) is 0 Å². The van der Waals surface area contributed by atoms with E-state index in [9.17, 15) is 26.3 Å². The van der Waals surface area contributed by atoms with Crippen LogP contribution in [0.25, 0.3) is 11.1 Å². The molecule has 7 heteroatoms. The largest absolute Gasteiger partial charge is 0.417 e.